The van der Waals surface area contributed by atoms with Crippen LogP contribution in [0.15, 0.2) is 24.3 Å². The molecule has 0 radical (unpaired) electrons. The topological polar surface area (TPSA) is 70.0 Å². The molecule has 20 heavy (non-hydrogen) atoms. The highest BCUT2D eigenvalue weighted by atomic mass is 16.5. The van der Waals surface area contributed by atoms with E-state index in [9.17, 15) is 9.90 Å². The summed E-state index contributed by atoms with van der Waals surface area (Å²) < 4.78 is 5.15. The minimum Gasteiger partial charge on any atom is -0.497 e. The standard InChI is InChI=1S/C15H21NO4/c1-15(10-17)9-16(14(18)19)8-7-13(15)11-3-5-12(20-2)6-4-11/h3-6,13,17H,7-10H2,1-2H3,(H,18,19)/t13-,15+/m1/s1. The highest BCUT2D eigenvalue weighted by Crippen LogP contribution is 2.42. The Morgan fingerprint density at radius 1 is 1.45 bits per heavy atom. The van der Waals surface area contributed by atoms with Crippen molar-refractivity contribution >= 4 is 6.09 Å². The summed E-state index contributed by atoms with van der Waals surface area (Å²) in [6, 6.07) is 7.79. The normalized spacial score (nSPS) is 26.4. The molecule has 0 aliphatic carbocycles. The number of methoxy groups -OCH3 is 1. The molecule has 0 spiro atoms. The zero-order valence-corrected chi connectivity index (χ0v) is 11.9. The molecule has 0 unspecified atom stereocenters. The van der Waals surface area contributed by atoms with Crippen molar-refractivity contribution in [2.75, 3.05) is 26.8 Å². The maximum absolute atomic E-state index is 11.1. The molecule has 0 saturated carbocycles. The van der Waals surface area contributed by atoms with Crippen LogP contribution < -0.4 is 4.74 Å². The molecule has 1 aliphatic heterocycles. The van der Waals surface area contributed by atoms with Crippen molar-refractivity contribution in [1.29, 1.82) is 0 Å². The lowest BCUT2D eigenvalue weighted by Gasteiger charge is -2.44. The number of benzene rings is 1. The molecular weight excluding hydrogens is 258 g/mol. The molecule has 1 heterocycles. The Bertz CT molecular complexity index is 473. The van der Waals surface area contributed by atoms with Crippen LogP contribution >= 0.6 is 0 Å². The summed E-state index contributed by atoms with van der Waals surface area (Å²) in [6.07, 6.45) is -0.201. The van der Waals surface area contributed by atoms with Crippen LogP contribution in [0.1, 0.15) is 24.8 Å². The summed E-state index contributed by atoms with van der Waals surface area (Å²) in [4.78, 5) is 12.5. The second kappa shape index (κ2) is 5.71. The van der Waals surface area contributed by atoms with Crippen molar-refractivity contribution in [1.82, 2.24) is 4.90 Å². The first-order valence-corrected chi connectivity index (χ1v) is 6.73. The van der Waals surface area contributed by atoms with Gasteiger partial charge in [-0.1, -0.05) is 19.1 Å². The number of piperidine rings is 1. The van der Waals surface area contributed by atoms with Gasteiger partial charge in [0.05, 0.1) is 13.7 Å². The molecule has 2 N–H and O–H groups in total. The van der Waals surface area contributed by atoms with E-state index in [1.807, 2.05) is 31.2 Å². The van der Waals surface area contributed by atoms with Gasteiger partial charge in [0.1, 0.15) is 5.75 Å². The summed E-state index contributed by atoms with van der Waals surface area (Å²) in [5.74, 6) is 0.941. The molecule has 1 aromatic carbocycles. The molecule has 1 amide bonds. The highest BCUT2D eigenvalue weighted by molar-refractivity contribution is 5.65. The Labute approximate surface area is 118 Å². The fraction of sp³-hybridized carbons (Fsp3) is 0.533. The van der Waals surface area contributed by atoms with E-state index in [2.05, 4.69) is 0 Å². The highest BCUT2D eigenvalue weighted by Gasteiger charge is 2.41. The van der Waals surface area contributed by atoms with Gasteiger partial charge in [-0.2, -0.15) is 0 Å². The van der Waals surface area contributed by atoms with Crippen molar-refractivity contribution in [2.45, 2.75) is 19.3 Å². The molecule has 5 heteroatoms. The maximum Gasteiger partial charge on any atom is 0.407 e. The molecule has 0 aromatic heterocycles. The zero-order valence-electron chi connectivity index (χ0n) is 11.9. The Balaban J connectivity index is 2.23. The lowest BCUT2D eigenvalue weighted by molar-refractivity contribution is 0.0291. The fourth-order valence-electron chi connectivity index (χ4n) is 2.99. The van der Waals surface area contributed by atoms with E-state index < -0.39 is 11.5 Å². The zero-order chi connectivity index (χ0) is 14.8. The Kier molecular flexibility index (Phi) is 4.18. The molecule has 1 aromatic rings. The van der Waals surface area contributed by atoms with E-state index >= 15 is 0 Å². The molecule has 0 bridgehead atoms. The fourth-order valence-corrected chi connectivity index (χ4v) is 2.99. The van der Waals surface area contributed by atoms with Crippen molar-refractivity contribution in [2.24, 2.45) is 5.41 Å². The number of aliphatic hydroxyl groups is 1. The van der Waals surface area contributed by atoms with Gasteiger partial charge in [0.2, 0.25) is 0 Å². The molecule has 110 valence electrons. The van der Waals surface area contributed by atoms with Crippen LogP contribution in [0.3, 0.4) is 0 Å². The number of carboxylic acid groups (broad SMARTS) is 1. The van der Waals surface area contributed by atoms with Crippen LogP contribution in [0.5, 0.6) is 5.75 Å². The van der Waals surface area contributed by atoms with Crippen molar-refractivity contribution in [3.8, 4) is 5.75 Å². The molecule has 2 atom stereocenters. The summed E-state index contributed by atoms with van der Waals surface area (Å²) in [6.45, 7) is 2.77. The minimum absolute atomic E-state index is 0.0343. The quantitative estimate of drug-likeness (QED) is 0.889. The van der Waals surface area contributed by atoms with Crippen molar-refractivity contribution in [3.63, 3.8) is 0 Å². The van der Waals surface area contributed by atoms with Gasteiger partial charge >= 0.3 is 6.09 Å². The Morgan fingerprint density at radius 2 is 2.10 bits per heavy atom. The van der Waals surface area contributed by atoms with Crippen LogP contribution in [0.4, 0.5) is 4.79 Å². The van der Waals surface area contributed by atoms with Gasteiger partial charge in [0.25, 0.3) is 0 Å². The molecule has 2 rings (SSSR count). The number of ether oxygens (including phenoxy) is 1. The smallest absolute Gasteiger partial charge is 0.407 e. The van der Waals surface area contributed by atoms with Crippen LogP contribution in [0.2, 0.25) is 0 Å². The van der Waals surface area contributed by atoms with Crippen LogP contribution in [-0.2, 0) is 0 Å². The van der Waals surface area contributed by atoms with Gasteiger partial charge < -0.3 is 19.8 Å². The minimum atomic E-state index is -0.919. The SMILES string of the molecule is COc1ccc([C@H]2CCN(C(=O)O)C[C@@]2(C)CO)cc1. The van der Waals surface area contributed by atoms with Gasteiger partial charge in [-0.25, -0.2) is 4.79 Å². The average molecular weight is 279 g/mol. The third kappa shape index (κ3) is 2.72. The lowest BCUT2D eigenvalue weighted by Crippen LogP contribution is -2.49. The molecular formula is C15H21NO4. The summed E-state index contributed by atoms with van der Waals surface area (Å²) in [7, 11) is 1.62. The predicted molar refractivity (Wildman–Crippen MR) is 75.1 cm³/mol. The summed E-state index contributed by atoms with van der Waals surface area (Å²) in [5, 5.41) is 18.9. The number of rotatable bonds is 3. The van der Waals surface area contributed by atoms with Gasteiger partial charge in [0.15, 0.2) is 0 Å². The van der Waals surface area contributed by atoms with E-state index in [0.717, 1.165) is 17.7 Å². The second-order valence-electron chi connectivity index (χ2n) is 5.63. The number of likely N-dealkylation sites (tertiary alicyclic amines) is 1. The third-order valence-electron chi connectivity index (χ3n) is 4.23. The van der Waals surface area contributed by atoms with Crippen LogP contribution in [0, 0.1) is 5.41 Å². The average Bonchev–Trinajstić information content (AvgIpc) is 2.47. The van der Waals surface area contributed by atoms with Gasteiger partial charge in [-0.15, -0.1) is 0 Å². The van der Waals surface area contributed by atoms with Gasteiger partial charge in [-0.3, -0.25) is 0 Å². The number of nitrogens with zero attached hydrogens (tertiary/aromatic N) is 1. The first kappa shape index (κ1) is 14.7. The predicted octanol–water partition coefficient (Wildman–Crippen LogP) is 2.16. The number of carbonyl (C=O) groups is 1. The first-order chi connectivity index (χ1) is 9.50. The van der Waals surface area contributed by atoms with Crippen molar-refractivity contribution in [3.05, 3.63) is 29.8 Å². The number of hydrogen-bond donors (Lipinski definition) is 2. The summed E-state index contributed by atoms with van der Waals surface area (Å²) >= 11 is 0. The number of aliphatic hydroxyl groups excluding tert-OH is 1. The van der Waals surface area contributed by atoms with E-state index in [1.165, 1.54) is 4.90 Å². The van der Waals surface area contributed by atoms with Crippen LogP contribution in [-0.4, -0.2) is 48.0 Å². The van der Waals surface area contributed by atoms with Gasteiger partial charge in [0, 0.05) is 18.5 Å². The van der Waals surface area contributed by atoms with E-state index in [0.29, 0.717) is 13.1 Å². The summed E-state index contributed by atoms with van der Waals surface area (Å²) in [5.41, 5.74) is 0.665. The second-order valence-corrected chi connectivity index (χ2v) is 5.63. The van der Waals surface area contributed by atoms with Gasteiger partial charge in [-0.05, 0) is 30.0 Å². The molecule has 1 fully saturated rings. The first-order valence-electron chi connectivity index (χ1n) is 6.73. The lowest BCUT2D eigenvalue weighted by atomic mass is 9.69. The van der Waals surface area contributed by atoms with E-state index in [-0.39, 0.29) is 12.5 Å². The molecule has 5 nitrogen and oxygen atoms in total. The third-order valence-corrected chi connectivity index (χ3v) is 4.23. The number of amides is 1. The maximum atomic E-state index is 11.1. The Morgan fingerprint density at radius 3 is 2.60 bits per heavy atom. The van der Waals surface area contributed by atoms with E-state index in [4.69, 9.17) is 9.84 Å². The molecule has 1 saturated heterocycles. The van der Waals surface area contributed by atoms with Crippen LogP contribution in [0.25, 0.3) is 0 Å². The Hall–Kier alpha value is -1.75. The largest absolute Gasteiger partial charge is 0.497 e. The van der Waals surface area contributed by atoms with E-state index in [1.54, 1.807) is 7.11 Å². The molecule has 1 aliphatic rings. The van der Waals surface area contributed by atoms with Crippen molar-refractivity contribution < 1.29 is 19.7 Å². The number of hydrogen-bond acceptors (Lipinski definition) is 3. The monoisotopic (exact) mass is 279 g/mol.